The van der Waals surface area contributed by atoms with Crippen LogP contribution in [-0.4, -0.2) is 24.1 Å². The van der Waals surface area contributed by atoms with E-state index in [1.165, 1.54) is 0 Å². The lowest BCUT2D eigenvalue weighted by Crippen LogP contribution is -2.25. The SMILES string of the molecule is CCOC(=O)C(=C1COc2ccccc2N1)[N+](=O)[O-]. The van der Waals surface area contributed by atoms with E-state index in [9.17, 15) is 14.9 Å². The van der Waals surface area contributed by atoms with Crippen molar-refractivity contribution in [2.24, 2.45) is 0 Å². The van der Waals surface area contributed by atoms with Crippen molar-refractivity contribution >= 4 is 11.7 Å². The minimum absolute atomic E-state index is 0.0703. The maximum Gasteiger partial charge on any atom is 0.411 e. The van der Waals surface area contributed by atoms with Gasteiger partial charge in [-0.3, -0.25) is 10.1 Å². The van der Waals surface area contributed by atoms with Crippen molar-refractivity contribution in [1.82, 2.24) is 0 Å². The highest BCUT2D eigenvalue weighted by Crippen LogP contribution is 2.30. The van der Waals surface area contributed by atoms with Gasteiger partial charge in [0, 0.05) is 0 Å². The number of nitrogens with zero attached hydrogens (tertiary/aromatic N) is 1. The molecule has 0 atom stereocenters. The monoisotopic (exact) mass is 264 g/mol. The number of rotatable bonds is 3. The van der Waals surface area contributed by atoms with Gasteiger partial charge in [-0.15, -0.1) is 0 Å². The first-order valence-corrected chi connectivity index (χ1v) is 5.67. The van der Waals surface area contributed by atoms with Crippen LogP contribution in [0.4, 0.5) is 5.69 Å². The summed E-state index contributed by atoms with van der Waals surface area (Å²) in [5.74, 6) is -0.393. The zero-order valence-electron chi connectivity index (χ0n) is 10.2. The number of carbonyl (C=O) groups excluding carboxylic acids is 1. The summed E-state index contributed by atoms with van der Waals surface area (Å²) in [6, 6.07) is 6.98. The molecule has 1 heterocycles. The van der Waals surface area contributed by atoms with Crippen LogP contribution in [0.25, 0.3) is 0 Å². The molecule has 7 nitrogen and oxygen atoms in total. The summed E-state index contributed by atoms with van der Waals surface area (Å²) in [5, 5.41) is 13.8. The van der Waals surface area contributed by atoms with E-state index in [1.807, 2.05) is 0 Å². The van der Waals surface area contributed by atoms with Crippen LogP contribution in [0.15, 0.2) is 35.7 Å². The summed E-state index contributed by atoms with van der Waals surface area (Å²) in [4.78, 5) is 21.8. The number of nitro groups is 1. The van der Waals surface area contributed by atoms with E-state index >= 15 is 0 Å². The lowest BCUT2D eigenvalue weighted by molar-refractivity contribution is -0.422. The number of benzene rings is 1. The molecule has 0 aromatic heterocycles. The summed E-state index contributed by atoms with van der Waals surface area (Å²) in [6.45, 7) is 1.58. The zero-order valence-corrected chi connectivity index (χ0v) is 10.2. The van der Waals surface area contributed by atoms with Gasteiger partial charge in [0.2, 0.25) is 0 Å². The van der Waals surface area contributed by atoms with Crippen LogP contribution in [-0.2, 0) is 9.53 Å². The lowest BCUT2D eigenvalue weighted by atomic mass is 10.2. The molecular weight excluding hydrogens is 252 g/mol. The first kappa shape index (κ1) is 12.9. The first-order chi connectivity index (χ1) is 9.13. The average molecular weight is 264 g/mol. The van der Waals surface area contributed by atoms with Crippen molar-refractivity contribution in [3.8, 4) is 5.75 Å². The predicted octanol–water partition coefficient (Wildman–Crippen LogP) is 1.54. The van der Waals surface area contributed by atoms with Gasteiger partial charge in [-0.25, -0.2) is 4.79 Å². The molecule has 0 bridgehead atoms. The molecule has 1 N–H and O–H groups in total. The topological polar surface area (TPSA) is 90.7 Å². The van der Waals surface area contributed by atoms with Crippen LogP contribution in [0.3, 0.4) is 0 Å². The van der Waals surface area contributed by atoms with Gasteiger partial charge in [0.25, 0.3) is 0 Å². The minimum atomic E-state index is -0.974. The predicted molar refractivity (Wildman–Crippen MR) is 66.2 cm³/mol. The van der Waals surface area contributed by atoms with Gasteiger partial charge >= 0.3 is 11.7 Å². The lowest BCUT2D eigenvalue weighted by Gasteiger charge is -2.20. The second-order valence-electron chi connectivity index (χ2n) is 3.71. The van der Waals surface area contributed by atoms with E-state index in [-0.39, 0.29) is 18.9 Å². The summed E-state index contributed by atoms with van der Waals surface area (Å²) in [6.07, 6.45) is 0. The van der Waals surface area contributed by atoms with Crippen molar-refractivity contribution in [2.75, 3.05) is 18.5 Å². The third-order valence-corrected chi connectivity index (χ3v) is 2.48. The van der Waals surface area contributed by atoms with Gasteiger partial charge in [-0.05, 0) is 19.1 Å². The number of para-hydroxylation sites is 2. The summed E-state index contributed by atoms with van der Waals surface area (Å²) < 4.78 is 10.0. The summed E-state index contributed by atoms with van der Waals surface area (Å²) >= 11 is 0. The Balaban J connectivity index is 2.35. The quantitative estimate of drug-likeness (QED) is 0.385. The minimum Gasteiger partial charge on any atom is -0.485 e. The van der Waals surface area contributed by atoms with Crippen molar-refractivity contribution in [3.63, 3.8) is 0 Å². The van der Waals surface area contributed by atoms with Crippen LogP contribution in [0, 0.1) is 10.1 Å². The number of esters is 1. The fraction of sp³-hybridized carbons (Fsp3) is 0.250. The number of hydrogen-bond acceptors (Lipinski definition) is 6. The number of nitrogens with one attached hydrogen (secondary N) is 1. The van der Waals surface area contributed by atoms with E-state index in [2.05, 4.69) is 10.1 Å². The Kier molecular flexibility index (Phi) is 3.65. The first-order valence-electron chi connectivity index (χ1n) is 5.67. The van der Waals surface area contributed by atoms with Gasteiger partial charge in [0.05, 0.1) is 17.2 Å². The molecule has 100 valence electrons. The molecule has 0 fully saturated rings. The fourth-order valence-corrected chi connectivity index (χ4v) is 1.68. The Labute approximate surface area is 109 Å². The average Bonchev–Trinajstić information content (AvgIpc) is 2.38. The zero-order chi connectivity index (χ0) is 13.8. The Hall–Kier alpha value is -2.57. The maximum atomic E-state index is 11.6. The van der Waals surface area contributed by atoms with Gasteiger partial charge in [0.1, 0.15) is 18.1 Å². The van der Waals surface area contributed by atoms with Crippen LogP contribution in [0.2, 0.25) is 0 Å². The number of anilines is 1. The Bertz CT molecular complexity index is 553. The number of ether oxygens (including phenoxy) is 2. The molecule has 0 amide bonds. The number of carbonyl (C=O) groups is 1. The highest BCUT2D eigenvalue weighted by Gasteiger charge is 2.31. The Morgan fingerprint density at radius 3 is 2.95 bits per heavy atom. The largest absolute Gasteiger partial charge is 0.485 e. The van der Waals surface area contributed by atoms with E-state index < -0.39 is 16.6 Å². The Morgan fingerprint density at radius 2 is 2.26 bits per heavy atom. The van der Waals surface area contributed by atoms with Crippen LogP contribution >= 0.6 is 0 Å². The molecule has 0 spiro atoms. The molecule has 19 heavy (non-hydrogen) atoms. The molecular formula is C12H12N2O5. The van der Waals surface area contributed by atoms with Crippen molar-refractivity contribution in [3.05, 3.63) is 45.8 Å². The standard InChI is InChI=1S/C12H12N2O5/c1-2-18-12(15)11(14(16)17)9-7-19-10-6-4-3-5-8(10)13-9/h3-6,13H,2,7H2,1H3. The highest BCUT2D eigenvalue weighted by atomic mass is 16.6. The van der Waals surface area contributed by atoms with E-state index in [4.69, 9.17) is 4.74 Å². The van der Waals surface area contributed by atoms with Crippen LogP contribution in [0.5, 0.6) is 5.75 Å². The second-order valence-corrected chi connectivity index (χ2v) is 3.71. The fourth-order valence-electron chi connectivity index (χ4n) is 1.68. The van der Waals surface area contributed by atoms with Gasteiger partial charge < -0.3 is 14.8 Å². The summed E-state index contributed by atoms with van der Waals surface area (Å²) in [7, 11) is 0. The van der Waals surface area contributed by atoms with Crippen LogP contribution < -0.4 is 10.1 Å². The van der Waals surface area contributed by atoms with E-state index in [0.717, 1.165) is 0 Å². The smallest absolute Gasteiger partial charge is 0.411 e. The summed E-state index contributed by atoms with van der Waals surface area (Å²) in [5.41, 5.74) is 0.0332. The second kappa shape index (κ2) is 5.38. The number of hydrogen-bond donors (Lipinski definition) is 1. The number of fused-ring (bicyclic) bond motifs is 1. The molecule has 0 radical (unpaired) electrons. The molecule has 0 unspecified atom stereocenters. The Morgan fingerprint density at radius 1 is 1.53 bits per heavy atom. The molecule has 0 saturated heterocycles. The van der Waals surface area contributed by atoms with Crippen molar-refractivity contribution < 1.29 is 19.2 Å². The van der Waals surface area contributed by atoms with Gasteiger partial charge in [-0.2, -0.15) is 0 Å². The van der Waals surface area contributed by atoms with Gasteiger partial charge in [0.15, 0.2) is 0 Å². The molecule has 2 rings (SSSR count). The molecule has 0 saturated carbocycles. The third-order valence-electron chi connectivity index (χ3n) is 2.48. The highest BCUT2D eigenvalue weighted by molar-refractivity contribution is 5.87. The molecule has 0 aliphatic carbocycles. The third kappa shape index (κ3) is 2.65. The molecule has 7 heteroatoms. The molecule has 1 aromatic rings. The van der Waals surface area contributed by atoms with E-state index in [1.54, 1.807) is 31.2 Å². The van der Waals surface area contributed by atoms with E-state index in [0.29, 0.717) is 11.4 Å². The van der Waals surface area contributed by atoms with Crippen molar-refractivity contribution in [2.45, 2.75) is 6.92 Å². The molecule has 1 aliphatic rings. The van der Waals surface area contributed by atoms with Crippen LogP contribution in [0.1, 0.15) is 6.92 Å². The maximum absolute atomic E-state index is 11.6. The van der Waals surface area contributed by atoms with Gasteiger partial charge in [-0.1, -0.05) is 12.1 Å². The normalized spacial score (nSPS) is 15.6. The van der Waals surface area contributed by atoms with Crippen molar-refractivity contribution in [1.29, 1.82) is 0 Å². The molecule has 1 aromatic carbocycles. The molecule has 1 aliphatic heterocycles.